The Morgan fingerprint density at radius 3 is 2.83 bits per heavy atom. The number of nitrogens with zero attached hydrogens (tertiary/aromatic N) is 3. The number of halogens is 2. The number of hydrazone groups is 1. The van der Waals surface area contributed by atoms with Crippen LogP contribution < -0.4 is 14.9 Å². The van der Waals surface area contributed by atoms with Crippen LogP contribution in [0.2, 0.25) is 10.0 Å². The van der Waals surface area contributed by atoms with E-state index in [2.05, 4.69) is 15.5 Å². The smallest absolute Gasteiger partial charge is 0.260 e. The number of methoxy groups -OCH3 is 1. The number of pyridine rings is 1. The van der Waals surface area contributed by atoms with Crippen molar-refractivity contribution in [3.8, 4) is 11.5 Å². The zero-order chi connectivity index (χ0) is 20.6. The molecule has 29 heavy (non-hydrogen) atoms. The molecule has 8 nitrogen and oxygen atoms in total. The normalized spacial score (nSPS) is 14.1. The molecule has 0 spiro atoms. The van der Waals surface area contributed by atoms with E-state index >= 15 is 0 Å². The second-order valence-electron chi connectivity index (χ2n) is 6.05. The molecular formula is C19H20Cl2N4O4. The number of morpholine rings is 1. The van der Waals surface area contributed by atoms with Crippen LogP contribution in [0.1, 0.15) is 5.56 Å². The first-order valence-electron chi connectivity index (χ1n) is 8.83. The molecule has 1 aliphatic rings. The molecule has 1 aromatic heterocycles. The van der Waals surface area contributed by atoms with Crippen molar-refractivity contribution < 1.29 is 19.0 Å². The third-order valence-electron chi connectivity index (χ3n) is 4.09. The number of carbonyl (C=O) groups is 1. The first-order chi connectivity index (χ1) is 14.1. The predicted octanol–water partition coefficient (Wildman–Crippen LogP) is 3.08. The van der Waals surface area contributed by atoms with Crippen LogP contribution in [0.4, 0.5) is 5.82 Å². The molecule has 3 rings (SSSR count). The van der Waals surface area contributed by atoms with Gasteiger partial charge in [-0.2, -0.15) is 5.10 Å². The molecule has 0 radical (unpaired) electrons. The van der Waals surface area contributed by atoms with Crippen molar-refractivity contribution in [2.75, 3.05) is 45.4 Å². The van der Waals surface area contributed by atoms with Gasteiger partial charge in [-0.05, 0) is 29.8 Å². The quantitative estimate of drug-likeness (QED) is 0.527. The Morgan fingerprint density at radius 1 is 1.31 bits per heavy atom. The molecule has 1 aromatic carbocycles. The SMILES string of the molecule is COc1cc(/C=N/Nc2ncc(Cl)cc2Cl)ccc1OCC(=O)N1CCOCC1. The van der Waals surface area contributed by atoms with Gasteiger partial charge in [0.15, 0.2) is 23.9 Å². The van der Waals surface area contributed by atoms with Crippen LogP contribution in [0, 0.1) is 0 Å². The highest BCUT2D eigenvalue weighted by atomic mass is 35.5. The number of rotatable bonds is 7. The van der Waals surface area contributed by atoms with Crippen LogP contribution in [0.15, 0.2) is 35.6 Å². The van der Waals surface area contributed by atoms with Gasteiger partial charge in [0.1, 0.15) is 0 Å². The number of hydrogen-bond donors (Lipinski definition) is 1. The average Bonchev–Trinajstić information content (AvgIpc) is 2.74. The monoisotopic (exact) mass is 438 g/mol. The largest absolute Gasteiger partial charge is 0.493 e. The second kappa shape index (κ2) is 10.3. The van der Waals surface area contributed by atoms with E-state index < -0.39 is 0 Å². The highest BCUT2D eigenvalue weighted by Gasteiger charge is 2.18. The lowest BCUT2D eigenvalue weighted by molar-refractivity contribution is -0.137. The molecule has 0 saturated carbocycles. The summed E-state index contributed by atoms with van der Waals surface area (Å²) in [7, 11) is 1.53. The Labute approximate surface area is 178 Å². The van der Waals surface area contributed by atoms with Crippen molar-refractivity contribution in [3.05, 3.63) is 46.1 Å². The van der Waals surface area contributed by atoms with Gasteiger partial charge in [0, 0.05) is 19.3 Å². The van der Waals surface area contributed by atoms with Gasteiger partial charge in [0.05, 0.1) is 36.6 Å². The summed E-state index contributed by atoms with van der Waals surface area (Å²) in [5.74, 6) is 1.27. The molecule has 2 heterocycles. The van der Waals surface area contributed by atoms with E-state index in [0.717, 1.165) is 5.56 Å². The van der Waals surface area contributed by atoms with E-state index in [4.69, 9.17) is 37.4 Å². The third kappa shape index (κ3) is 5.96. The summed E-state index contributed by atoms with van der Waals surface area (Å²) in [6.07, 6.45) is 3.05. The fourth-order valence-corrected chi connectivity index (χ4v) is 3.01. The maximum atomic E-state index is 12.2. The van der Waals surface area contributed by atoms with Gasteiger partial charge < -0.3 is 19.1 Å². The molecule has 0 atom stereocenters. The molecule has 1 fully saturated rings. The standard InChI is InChI=1S/C19H20Cl2N4O4/c1-27-17-8-13(10-23-24-19-15(21)9-14(20)11-22-19)2-3-16(17)29-12-18(26)25-4-6-28-7-5-25/h2-3,8-11H,4-7,12H2,1H3,(H,22,24)/b23-10+. The molecule has 1 saturated heterocycles. The van der Waals surface area contributed by atoms with Crippen molar-refractivity contribution in [3.63, 3.8) is 0 Å². The molecule has 0 bridgehead atoms. The van der Waals surface area contributed by atoms with E-state index in [0.29, 0.717) is 53.7 Å². The molecule has 0 aliphatic carbocycles. The number of amides is 1. The molecule has 1 aliphatic heterocycles. The minimum absolute atomic E-state index is 0.0634. The van der Waals surface area contributed by atoms with Crippen molar-refractivity contribution in [1.29, 1.82) is 0 Å². The van der Waals surface area contributed by atoms with Crippen LogP contribution in [0.3, 0.4) is 0 Å². The van der Waals surface area contributed by atoms with Crippen LogP contribution in [-0.2, 0) is 9.53 Å². The number of hydrogen-bond acceptors (Lipinski definition) is 7. The summed E-state index contributed by atoms with van der Waals surface area (Å²) >= 11 is 11.9. The number of nitrogens with one attached hydrogen (secondary N) is 1. The van der Waals surface area contributed by atoms with Crippen molar-refractivity contribution in [1.82, 2.24) is 9.88 Å². The van der Waals surface area contributed by atoms with Gasteiger partial charge in [-0.1, -0.05) is 23.2 Å². The summed E-state index contributed by atoms with van der Waals surface area (Å²) in [6.45, 7) is 2.19. The highest BCUT2D eigenvalue weighted by Crippen LogP contribution is 2.28. The van der Waals surface area contributed by atoms with Crippen molar-refractivity contribution in [2.24, 2.45) is 5.10 Å². The van der Waals surface area contributed by atoms with E-state index in [1.54, 1.807) is 35.4 Å². The minimum atomic E-state index is -0.0856. The third-order valence-corrected chi connectivity index (χ3v) is 4.59. The van der Waals surface area contributed by atoms with Crippen LogP contribution in [0.5, 0.6) is 11.5 Å². The summed E-state index contributed by atoms with van der Waals surface area (Å²) in [5.41, 5.74) is 3.51. The minimum Gasteiger partial charge on any atom is -0.493 e. The van der Waals surface area contributed by atoms with Gasteiger partial charge >= 0.3 is 0 Å². The summed E-state index contributed by atoms with van der Waals surface area (Å²) < 4.78 is 16.2. The van der Waals surface area contributed by atoms with Crippen LogP contribution in [-0.4, -0.2) is 62.0 Å². The average molecular weight is 439 g/mol. The fraction of sp³-hybridized carbons (Fsp3) is 0.316. The molecule has 10 heteroatoms. The number of benzene rings is 1. The van der Waals surface area contributed by atoms with Gasteiger partial charge in [-0.3, -0.25) is 10.2 Å². The lowest BCUT2D eigenvalue weighted by atomic mass is 10.2. The zero-order valence-corrected chi connectivity index (χ0v) is 17.2. The molecule has 1 N–H and O–H groups in total. The van der Waals surface area contributed by atoms with Crippen molar-refractivity contribution >= 4 is 41.1 Å². The Bertz CT molecular complexity index is 889. The number of anilines is 1. The van der Waals surface area contributed by atoms with Gasteiger partial charge in [0.2, 0.25) is 0 Å². The van der Waals surface area contributed by atoms with Gasteiger partial charge in [-0.15, -0.1) is 0 Å². The maximum absolute atomic E-state index is 12.2. The fourth-order valence-electron chi connectivity index (χ4n) is 2.59. The lowest BCUT2D eigenvalue weighted by Gasteiger charge is -2.26. The van der Waals surface area contributed by atoms with Gasteiger partial charge in [0.25, 0.3) is 5.91 Å². The number of ether oxygens (including phenoxy) is 3. The Kier molecular flexibility index (Phi) is 7.51. The van der Waals surface area contributed by atoms with E-state index in [1.807, 2.05) is 0 Å². The lowest BCUT2D eigenvalue weighted by Crippen LogP contribution is -2.43. The molecular weight excluding hydrogens is 419 g/mol. The van der Waals surface area contributed by atoms with Crippen LogP contribution in [0.25, 0.3) is 0 Å². The molecule has 154 valence electrons. The second-order valence-corrected chi connectivity index (χ2v) is 6.89. The first kappa shape index (κ1) is 21.2. The maximum Gasteiger partial charge on any atom is 0.260 e. The zero-order valence-electron chi connectivity index (χ0n) is 15.7. The Balaban J connectivity index is 1.59. The van der Waals surface area contributed by atoms with Crippen molar-refractivity contribution in [2.45, 2.75) is 0 Å². The molecule has 1 amide bonds. The van der Waals surface area contributed by atoms with Gasteiger partial charge in [-0.25, -0.2) is 4.98 Å². The Hall–Kier alpha value is -2.55. The summed E-state index contributed by atoms with van der Waals surface area (Å²) in [5, 5.41) is 4.91. The Morgan fingerprint density at radius 2 is 2.10 bits per heavy atom. The predicted molar refractivity (Wildman–Crippen MR) is 111 cm³/mol. The number of carbonyl (C=O) groups excluding carboxylic acids is 1. The van der Waals surface area contributed by atoms with E-state index in [1.165, 1.54) is 13.3 Å². The highest BCUT2D eigenvalue weighted by molar-refractivity contribution is 6.35. The number of aromatic nitrogens is 1. The topological polar surface area (TPSA) is 85.3 Å². The summed E-state index contributed by atoms with van der Waals surface area (Å²) in [6, 6.07) is 6.83. The van der Waals surface area contributed by atoms with E-state index in [9.17, 15) is 4.79 Å². The first-order valence-corrected chi connectivity index (χ1v) is 9.59. The van der Waals surface area contributed by atoms with E-state index in [-0.39, 0.29) is 12.5 Å². The summed E-state index contributed by atoms with van der Waals surface area (Å²) in [4.78, 5) is 18.0. The molecule has 0 unspecified atom stereocenters. The van der Waals surface area contributed by atoms with Crippen LogP contribution >= 0.6 is 23.2 Å². The molecule has 2 aromatic rings.